The van der Waals surface area contributed by atoms with Crippen LogP contribution in [0.2, 0.25) is 0 Å². The van der Waals surface area contributed by atoms with Crippen molar-refractivity contribution in [2.45, 2.75) is 6.42 Å². The normalized spacial score (nSPS) is 20.6. The van der Waals surface area contributed by atoms with Gasteiger partial charge < -0.3 is 10.2 Å². The topological polar surface area (TPSA) is 39.1 Å². The lowest BCUT2D eigenvalue weighted by atomic mass is 10.1. The van der Waals surface area contributed by atoms with Crippen molar-refractivity contribution in [2.24, 2.45) is 5.92 Å². The van der Waals surface area contributed by atoms with Gasteiger partial charge in [-0.05, 0) is 50.2 Å². The molecule has 1 fully saturated rings. The Morgan fingerprint density at radius 1 is 1.44 bits per heavy atom. The second-order valence-electron chi connectivity index (χ2n) is 4.49. The molecule has 1 unspecified atom stereocenters. The first-order valence-electron chi connectivity index (χ1n) is 5.70. The first-order valence-corrected chi connectivity index (χ1v) is 5.70. The van der Waals surface area contributed by atoms with E-state index in [0.717, 1.165) is 18.2 Å². The Bertz CT molecular complexity index is 377. The predicted octanol–water partition coefficient (Wildman–Crippen LogP) is 1.92. The lowest BCUT2D eigenvalue weighted by molar-refractivity contribution is 0.399. The van der Waals surface area contributed by atoms with Crippen LogP contribution in [0.15, 0.2) is 24.3 Å². The number of likely N-dealkylation sites (tertiary alicyclic amines) is 1. The fourth-order valence-corrected chi connectivity index (χ4v) is 2.12. The predicted molar refractivity (Wildman–Crippen MR) is 65.3 cm³/mol. The number of nitrogens with one attached hydrogen (secondary N) is 1. The molecule has 3 nitrogen and oxygen atoms in total. The summed E-state index contributed by atoms with van der Waals surface area (Å²) in [6, 6.07) is 9.76. The van der Waals surface area contributed by atoms with Crippen LogP contribution in [0, 0.1) is 17.2 Å². The van der Waals surface area contributed by atoms with Crippen LogP contribution in [-0.2, 0) is 0 Å². The Labute approximate surface area is 96.7 Å². The van der Waals surface area contributed by atoms with E-state index in [-0.39, 0.29) is 0 Å². The Morgan fingerprint density at radius 2 is 2.19 bits per heavy atom. The van der Waals surface area contributed by atoms with Crippen molar-refractivity contribution in [3.05, 3.63) is 29.8 Å². The third-order valence-corrected chi connectivity index (χ3v) is 3.10. The highest BCUT2D eigenvalue weighted by molar-refractivity contribution is 5.47. The maximum Gasteiger partial charge on any atom is 0.0991 e. The number of nitrogens with zero attached hydrogens (tertiary/aromatic N) is 2. The van der Waals surface area contributed by atoms with Crippen LogP contribution < -0.4 is 5.32 Å². The van der Waals surface area contributed by atoms with Gasteiger partial charge in [0.15, 0.2) is 0 Å². The molecule has 1 saturated heterocycles. The Balaban J connectivity index is 1.83. The van der Waals surface area contributed by atoms with Crippen molar-refractivity contribution in [2.75, 3.05) is 32.0 Å². The third-order valence-electron chi connectivity index (χ3n) is 3.10. The molecule has 0 amide bonds. The largest absolute Gasteiger partial charge is 0.385 e. The summed E-state index contributed by atoms with van der Waals surface area (Å²) in [5, 5.41) is 12.1. The average molecular weight is 215 g/mol. The van der Waals surface area contributed by atoms with E-state index < -0.39 is 0 Å². The molecule has 84 valence electrons. The highest BCUT2D eigenvalue weighted by Gasteiger charge is 2.18. The standard InChI is InChI=1S/C13H17N3/c1-16-7-6-12(10-16)9-15-13-4-2-11(8-14)3-5-13/h2-5,12,15H,6-7,9-10H2,1H3. The summed E-state index contributed by atoms with van der Waals surface area (Å²) in [6.07, 6.45) is 1.28. The molecule has 2 rings (SSSR count). The van der Waals surface area contributed by atoms with Crippen LogP contribution in [0.3, 0.4) is 0 Å². The van der Waals surface area contributed by atoms with Gasteiger partial charge in [-0.1, -0.05) is 0 Å². The summed E-state index contributed by atoms with van der Waals surface area (Å²) >= 11 is 0. The zero-order valence-electron chi connectivity index (χ0n) is 9.61. The molecule has 1 N–H and O–H groups in total. The molecule has 1 heterocycles. The van der Waals surface area contributed by atoms with E-state index in [2.05, 4.69) is 23.3 Å². The van der Waals surface area contributed by atoms with Crippen LogP contribution >= 0.6 is 0 Å². The van der Waals surface area contributed by atoms with E-state index in [1.807, 2.05) is 24.3 Å². The summed E-state index contributed by atoms with van der Waals surface area (Å²) in [7, 11) is 2.17. The molecule has 16 heavy (non-hydrogen) atoms. The third kappa shape index (κ3) is 2.74. The lowest BCUT2D eigenvalue weighted by Crippen LogP contribution is -2.19. The van der Waals surface area contributed by atoms with Crippen molar-refractivity contribution in [3.8, 4) is 6.07 Å². The van der Waals surface area contributed by atoms with E-state index >= 15 is 0 Å². The van der Waals surface area contributed by atoms with Crippen molar-refractivity contribution in [1.82, 2.24) is 4.90 Å². The van der Waals surface area contributed by atoms with Gasteiger partial charge in [-0.3, -0.25) is 0 Å². The second-order valence-corrected chi connectivity index (χ2v) is 4.49. The minimum Gasteiger partial charge on any atom is -0.385 e. The zero-order chi connectivity index (χ0) is 11.4. The van der Waals surface area contributed by atoms with Crippen molar-refractivity contribution < 1.29 is 0 Å². The molecule has 0 aromatic heterocycles. The first-order chi connectivity index (χ1) is 7.78. The van der Waals surface area contributed by atoms with Crippen molar-refractivity contribution in [1.29, 1.82) is 5.26 Å². The minimum absolute atomic E-state index is 0.714. The molecule has 1 aromatic rings. The van der Waals surface area contributed by atoms with Crippen LogP contribution in [0.25, 0.3) is 0 Å². The number of nitriles is 1. The number of rotatable bonds is 3. The Morgan fingerprint density at radius 3 is 2.75 bits per heavy atom. The number of hydrogen-bond acceptors (Lipinski definition) is 3. The van der Waals surface area contributed by atoms with Crippen molar-refractivity contribution in [3.63, 3.8) is 0 Å². The summed E-state index contributed by atoms with van der Waals surface area (Å²) in [6.45, 7) is 3.42. The number of hydrogen-bond donors (Lipinski definition) is 1. The van der Waals surface area contributed by atoms with E-state index in [9.17, 15) is 0 Å². The van der Waals surface area contributed by atoms with Gasteiger partial charge in [0.2, 0.25) is 0 Å². The molecule has 0 spiro atoms. The minimum atomic E-state index is 0.714. The van der Waals surface area contributed by atoms with E-state index in [1.54, 1.807) is 0 Å². The highest BCUT2D eigenvalue weighted by atomic mass is 15.1. The van der Waals surface area contributed by atoms with Crippen molar-refractivity contribution >= 4 is 5.69 Å². The lowest BCUT2D eigenvalue weighted by Gasteiger charge is -2.12. The molecular formula is C13H17N3. The molecule has 1 aliphatic rings. The Kier molecular flexibility index (Phi) is 3.43. The highest BCUT2D eigenvalue weighted by Crippen LogP contribution is 2.16. The van der Waals surface area contributed by atoms with Gasteiger partial charge in [0.05, 0.1) is 11.6 Å². The van der Waals surface area contributed by atoms with E-state index in [1.165, 1.54) is 19.5 Å². The van der Waals surface area contributed by atoms with Gasteiger partial charge in [0.1, 0.15) is 0 Å². The quantitative estimate of drug-likeness (QED) is 0.837. The summed E-state index contributed by atoms with van der Waals surface area (Å²) in [4.78, 5) is 2.37. The molecule has 3 heteroatoms. The smallest absolute Gasteiger partial charge is 0.0991 e. The van der Waals surface area contributed by atoms with Gasteiger partial charge in [0, 0.05) is 18.8 Å². The maximum absolute atomic E-state index is 8.68. The van der Waals surface area contributed by atoms with Crippen LogP contribution in [0.1, 0.15) is 12.0 Å². The summed E-state index contributed by atoms with van der Waals surface area (Å²) in [5.41, 5.74) is 1.82. The average Bonchev–Trinajstić information content (AvgIpc) is 2.73. The maximum atomic E-state index is 8.68. The van der Waals surface area contributed by atoms with Gasteiger partial charge >= 0.3 is 0 Å². The molecule has 0 saturated carbocycles. The number of anilines is 1. The van der Waals surface area contributed by atoms with E-state index in [0.29, 0.717) is 5.56 Å². The molecule has 0 bridgehead atoms. The van der Waals surface area contributed by atoms with Crippen LogP contribution in [-0.4, -0.2) is 31.6 Å². The molecular weight excluding hydrogens is 198 g/mol. The fraction of sp³-hybridized carbons (Fsp3) is 0.462. The van der Waals surface area contributed by atoms with Gasteiger partial charge in [-0.15, -0.1) is 0 Å². The zero-order valence-corrected chi connectivity index (χ0v) is 9.61. The van der Waals surface area contributed by atoms with Crippen LogP contribution in [0.4, 0.5) is 5.69 Å². The molecule has 1 aliphatic heterocycles. The summed E-state index contributed by atoms with van der Waals surface area (Å²) < 4.78 is 0. The molecule has 0 aliphatic carbocycles. The SMILES string of the molecule is CN1CCC(CNc2ccc(C#N)cc2)C1. The van der Waals surface area contributed by atoms with Gasteiger partial charge in [0.25, 0.3) is 0 Å². The van der Waals surface area contributed by atoms with E-state index in [4.69, 9.17) is 5.26 Å². The first kappa shape index (κ1) is 11.0. The monoisotopic (exact) mass is 215 g/mol. The van der Waals surface area contributed by atoms with Gasteiger partial charge in [-0.2, -0.15) is 5.26 Å². The molecule has 1 atom stereocenters. The van der Waals surface area contributed by atoms with Gasteiger partial charge in [-0.25, -0.2) is 0 Å². The molecule has 0 radical (unpaired) electrons. The van der Waals surface area contributed by atoms with Crippen LogP contribution in [0.5, 0.6) is 0 Å². The molecule has 1 aromatic carbocycles. The second kappa shape index (κ2) is 5.00. The fourth-order valence-electron chi connectivity index (χ4n) is 2.12. The Hall–Kier alpha value is -1.53. The summed E-state index contributed by atoms with van der Waals surface area (Å²) in [5.74, 6) is 0.751. The number of benzene rings is 1.